The third kappa shape index (κ3) is 1.71. The van der Waals surface area contributed by atoms with E-state index in [1.54, 1.807) is 0 Å². The van der Waals surface area contributed by atoms with E-state index in [-0.39, 0.29) is 11.7 Å². The highest BCUT2D eigenvalue weighted by Crippen LogP contribution is 2.39. The van der Waals surface area contributed by atoms with Gasteiger partial charge in [0.25, 0.3) is 5.56 Å². The Morgan fingerprint density at radius 3 is 3.00 bits per heavy atom. The number of ether oxygens (including phenoxy) is 3. The molecule has 4 atom stereocenters. The molecule has 2 aliphatic heterocycles. The number of nitrogens with zero attached hydrogens (tertiary/aromatic N) is 2. The minimum atomic E-state index is -1.09. The molecule has 0 bridgehead atoms. The smallest absolute Gasteiger partial charge is 0.355 e. The second kappa shape index (κ2) is 4.54. The molecule has 0 amide bonds. The molecule has 0 unspecified atom stereocenters. The van der Waals surface area contributed by atoms with Crippen LogP contribution in [0.25, 0.3) is 0 Å². The Bertz CT molecular complexity index is 613. The number of aromatic nitrogens is 2. The van der Waals surface area contributed by atoms with Gasteiger partial charge in [0, 0.05) is 6.07 Å². The first kappa shape index (κ1) is 13.0. The molecule has 9 heteroatoms. The molecule has 0 aliphatic carbocycles. The fourth-order valence-electron chi connectivity index (χ4n) is 2.39. The number of rotatable bonds is 2. The molecule has 108 valence electrons. The molecule has 9 nitrogen and oxygen atoms in total. The molecule has 1 aromatic heterocycles. The third-order valence-corrected chi connectivity index (χ3v) is 3.31. The monoisotopic (exact) mass is 284 g/mol. The first-order chi connectivity index (χ1) is 9.56. The van der Waals surface area contributed by atoms with E-state index in [1.807, 2.05) is 0 Å². The Morgan fingerprint density at radius 1 is 1.60 bits per heavy atom. The first-order valence-corrected chi connectivity index (χ1v) is 5.89. The second-order valence-electron chi connectivity index (χ2n) is 4.44. The normalized spacial score (nSPS) is 30.6. The maximum Gasteiger partial charge on any atom is 0.355 e. The largest absolute Gasteiger partial charge is 0.464 e. The summed E-state index contributed by atoms with van der Waals surface area (Å²) < 4.78 is 16.6. The van der Waals surface area contributed by atoms with Crippen LogP contribution < -0.4 is 10.3 Å². The molecule has 1 saturated heterocycles. The van der Waals surface area contributed by atoms with Gasteiger partial charge in [-0.15, -0.1) is 0 Å². The summed E-state index contributed by atoms with van der Waals surface area (Å²) in [7, 11) is 1.17. The summed E-state index contributed by atoms with van der Waals surface area (Å²) in [5.41, 5.74) is -0.745. The van der Waals surface area contributed by atoms with E-state index in [9.17, 15) is 14.7 Å². The molecular formula is C11H12N2O7. The van der Waals surface area contributed by atoms with Crippen molar-refractivity contribution in [3.05, 3.63) is 22.1 Å². The highest BCUT2D eigenvalue weighted by molar-refractivity contribution is 5.87. The van der Waals surface area contributed by atoms with Crippen LogP contribution in [0.15, 0.2) is 10.9 Å². The fraction of sp³-hybridized carbons (Fsp3) is 0.545. The molecule has 2 aliphatic rings. The van der Waals surface area contributed by atoms with Crippen molar-refractivity contribution in [3.63, 3.8) is 0 Å². The Balaban J connectivity index is 2.09. The van der Waals surface area contributed by atoms with Gasteiger partial charge in [-0.3, -0.25) is 9.36 Å². The lowest BCUT2D eigenvalue weighted by molar-refractivity contribution is -0.0443. The molecule has 0 saturated carbocycles. The molecule has 20 heavy (non-hydrogen) atoms. The second-order valence-corrected chi connectivity index (χ2v) is 4.44. The van der Waals surface area contributed by atoms with Gasteiger partial charge < -0.3 is 24.4 Å². The number of carbonyl (C=O) groups excluding carboxylic acids is 1. The number of hydrogen-bond acceptors (Lipinski definition) is 8. The van der Waals surface area contributed by atoms with Crippen LogP contribution in [0.1, 0.15) is 16.7 Å². The summed E-state index contributed by atoms with van der Waals surface area (Å²) in [6.07, 6.45) is -3.61. The minimum Gasteiger partial charge on any atom is -0.464 e. The predicted octanol–water partition coefficient (Wildman–Crippen LogP) is -1.96. The molecule has 0 spiro atoms. The zero-order valence-electron chi connectivity index (χ0n) is 10.4. The number of fused-ring (bicyclic) bond motifs is 3. The molecular weight excluding hydrogens is 272 g/mol. The molecule has 2 N–H and O–H groups in total. The van der Waals surface area contributed by atoms with Crippen LogP contribution in [0, 0.1) is 0 Å². The van der Waals surface area contributed by atoms with Crippen LogP contribution in [-0.2, 0) is 9.47 Å². The summed E-state index contributed by atoms with van der Waals surface area (Å²) in [6.45, 7) is -0.395. The van der Waals surface area contributed by atoms with E-state index in [0.717, 1.165) is 6.07 Å². The van der Waals surface area contributed by atoms with Crippen molar-refractivity contribution in [2.75, 3.05) is 13.7 Å². The van der Waals surface area contributed by atoms with Crippen LogP contribution in [0.2, 0.25) is 0 Å². The molecule has 1 fully saturated rings. The summed E-state index contributed by atoms with van der Waals surface area (Å²) in [6, 6.07) is 0.881. The quantitative estimate of drug-likeness (QED) is 0.601. The summed E-state index contributed by atoms with van der Waals surface area (Å²) in [5, 5.41) is 19.0. The number of carbonyl (C=O) groups is 1. The van der Waals surface area contributed by atoms with E-state index in [2.05, 4.69) is 9.72 Å². The van der Waals surface area contributed by atoms with E-state index >= 15 is 0 Å². The lowest BCUT2D eigenvalue weighted by Gasteiger charge is -2.15. The topological polar surface area (TPSA) is 120 Å². The number of aliphatic hydroxyl groups excluding tert-OH is 2. The number of esters is 1. The zero-order valence-corrected chi connectivity index (χ0v) is 10.4. The Morgan fingerprint density at radius 2 is 2.35 bits per heavy atom. The van der Waals surface area contributed by atoms with Gasteiger partial charge in [0.2, 0.25) is 0 Å². The van der Waals surface area contributed by atoms with Crippen molar-refractivity contribution in [2.45, 2.75) is 24.5 Å². The van der Waals surface area contributed by atoms with Crippen LogP contribution in [0.3, 0.4) is 0 Å². The maximum atomic E-state index is 11.7. The summed E-state index contributed by atoms with van der Waals surface area (Å²) in [4.78, 5) is 26.8. The van der Waals surface area contributed by atoms with Crippen LogP contribution >= 0.6 is 0 Å². The average molecular weight is 284 g/mol. The van der Waals surface area contributed by atoms with E-state index in [0.29, 0.717) is 0 Å². The molecule has 0 radical (unpaired) electrons. The number of methoxy groups -OCH3 is 1. The van der Waals surface area contributed by atoms with Crippen molar-refractivity contribution in [2.24, 2.45) is 0 Å². The Labute approximate surface area is 112 Å². The lowest BCUT2D eigenvalue weighted by Crippen LogP contribution is -2.34. The Hall–Kier alpha value is -1.97. The summed E-state index contributed by atoms with van der Waals surface area (Å²) in [5.74, 6) is -0.750. The summed E-state index contributed by atoms with van der Waals surface area (Å²) >= 11 is 0. The van der Waals surface area contributed by atoms with Gasteiger partial charge in [-0.05, 0) is 0 Å². The lowest BCUT2D eigenvalue weighted by atomic mass is 10.1. The van der Waals surface area contributed by atoms with E-state index in [4.69, 9.17) is 14.6 Å². The van der Waals surface area contributed by atoms with Gasteiger partial charge in [-0.25, -0.2) is 4.79 Å². The van der Waals surface area contributed by atoms with Crippen LogP contribution in [0.4, 0.5) is 0 Å². The van der Waals surface area contributed by atoms with Crippen molar-refractivity contribution >= 4 is 5.97 Å². The van der Waals surface area contributed by atoms with Gasteiger partial charge in [0.1, 0.15) is 17.9 Å². The standard InChI is InChI=1S/C11H12N2O7/c1-18-10(17)4-2-6(15)12-11-13(4)9-8(20-11)7(16)5(3-14)19-9/h2,5,7-9,14,16H,3H2,1H3/t5-,7-,8-,9+/m1/s1. The number of aliphatic hydroxyl groups is 2. The van der Waals surface area contributed by atoms with Crippen LogP contribution in [-0.4, -0.2) is 57.8 Å². The highest BCUT2D eigenvalue weighted by Gasteiger charge is 2.52. The van der Waals surface area contributed by atoms with Crippen molar-refractivity contribution in [1.82, 2.24) is 9.55 Å². The molecule has 0 aromatic carbocycles. The fourth-order valence-corrected chi connectivity index (χ4v) is 2.39. The SMILES string of the molecule is COC(=O)c1cc(=O)nc2n1[C@H]1O[C@H](CO)[C@@H](O)[C@H]1O2. The Kier molecular flexibility index (Phi) is 2.96. The third-order valence-electron chi connectivity index (χ3n) is 3.31. The minimum absolute atomic E-state index is 0.0826. The predicted molar refractivity (Wildman–Crippen MR) is 61.3 cm³/mol. The van der Waals surface area contributed by atoms with Crippen LogP contribution in [0.5, 0.6) is 6.01 Å². The molecule has 1 aromatic rings. The van der Waals surface area contributed by atoms with E-state index in [1.165, 1.54) is 11.7 Å². The van der Waals surface area contributed by atoms with Gasteiger partial charge >= 0.3 is 12.0 Å². The van der Waals surface area contributed by atoms with Gasteiger partial charge in [-0.1, -0.05) is 0 Å². The molecule has 3 rings (SSSR count). The zero-order chi connectivity index (χ0) is 14.4. The highest BCUT2D eigenvalue weighted by atomic mass is 16.6. The maximum absolute atomic E-state index is 11.7. The van der Waals surface area contributed by atoms with Crippen molar-refractivity contribution < 1.29 is 29.2 Å². The molecule has 3 heterocycles. The average Bonchev–Trinajstić information content (AvgIpc) is 2.93. The van der Waals surface area contributed by atoms with Gasteiger partial charge in [0.15, 0.2) is 12.3 Å². The van der Waals surface area contributed by atoms with Crippen molar-refractivity contribution in [1.29, 1.82) is 0 Å². The van der Waals surface area contributed by atoms with Gasteiger partial charge in [-0.2, -0.15) is 4.98 Å². The van der Waals surface area contributed by atoms with Crippen molar-refractivity contribution in [3.8, 4) is 6.01 Å². The number of hydrogen-bond donors (Lipinski definition) is 2. The van der Waals surface area contributed by atoms with E-state index < -0.39 is 42.7 Å². The first-order valence-electron chi connectivity index (χ1n) is 5.89. The van der Waals surface area contributed by atoms with Gasteiger partial charge in [0.05, 0.1) is 13.7 Å².